The van der Waals surface area contributed by atoms with E-state index in [1.54, 1.807) is 12.1 Å². The molecule has 0 bridgehead atoms. The number of aromatic hydroxyl groups is 1. The van der Waals surface area contributed by atoms with Gasteiger partial charge in [0.05, 0.1) is 12.8 Å². The third kappa shape index (κ3) is 6.59. The number of hydrazone groups is 1. The first-order valence-electron chi connectivity index (χ1n) is 11.6. The number of phenols is 1. The van der Waals surface area contributed by atoms with Crippen LogP contribution < -0.4 is 25.8 Å². The van der Waals surface area contributed by atoms with E-state index >= 15 is 0 Å². The number of ether oxygens (including phenoxy) is 2. The summed E-state index contributed by atoms with van der Waals surface area (Å²) >= 11 is 0. The Hall–Kier alpha value is -3.88. The lowest BCUT2D eigenvalue weighted by molar-refractivity contribution is -0.122. The summed E-state index contributed by atoms with van der Waals surface area (Å²) < 4.78 is 11.2. The molecule has 3 aromatic carbocycles. The van der Waals surface area contributed by atoms with E-state index in [0.29, 0.717) is 30.9 Å². The second-order valence-electron chi connectivity index (χ2n) is 8.37. The summed E-state index contributed by atoms with van der Waals surface area (Å²) in [6.07, 6.45) is 2.09. The Bertz CT molecular complexity index is 1160. The van der Waals surface area contributed by atoms with Crippen molar-refractivity contribution in [1.29, 1.82) is 0 Å². The maximum Gasteiger partial charge on any atom is 0.258 e. The molecule has 0 spiro atoms. The van der Waals surface area contributed by atoms with Crippen LogP contribution in [0, 0.1) is 6.92 Å². The van der Waals surface area contributed by atoms with Gasteiger partial charge < -0.3 is 14.6 Å². The average molecular weight is 475 g/mol. The van der Waals surface area contributed by atoms with Gasteiger partial charge in [0, 0.05) is 6.04 Å². The molecular weight excluding hydrogens is 444 g/mol. The Balaban J connectivity index is 1.26. The van der Waals surface area contributed by atoms with Crippen LogP contribution in [0.4, 0.5) is 0 Å². The van der Waals surface area contributed by atoms with Crippen LogP contribution in [0.3, 0.4) is 0 Å². The van der Waals surface area contributed by atoms with Crippen molar-refractivity contribution in [2.45, 2.75) is 39.0 Å². The molecule has 2 unspecified atom stereocenters. The number of carbonyl (C=O) groups excluding carboxylic acids is 1. The van der Waals surface area contributed by atoms with Gasteiger partial charge >= 0.3 is 0 Å². The first-order valence-corrected chi connectivity index (χ1v) is 11.6. The highest BCUT2D eigenvalue weighted by Crippen LogP contribution is 2.26. The van der Waals surface area contributed by atoms with Gasteiger partial charge in [0.1, 0.15) is 18.4 Å². The third-order valence-electron chi connectivity index (χ3n) is 5.70. The largest absolute Gasteiger partial charge is 0.504 e. The van der Waals surface area contributed by atoms with E-state index in [9.17, 15) is 9.90 Å². The molecule has 8 nitrogen and oxygen atoms in total. The van der Waals surface area contributed by atoms with Gasteiger partial charge in [0.15, 0.2) is 11.5 Å². The van der Waals surface area contributed by atoms with Crippen molar-refractivity contribution in [1.82, 2.24) is 16.3 Å². The molecule has 0 radical (unpaired) electrons. The number of hydrogen-bond donors (Lipinski definition) is 4. The van der Waals surface area contributed by atoms with E-state index in [0.717, 1.165) is 16.9 Å². The minimum absolute atomic E-state index is 0.00766. The predicted octanol–water partition coefficient (Wildman–Crippen LogP) is 3.74. The number of rotatable bonds is 9. The minimum atomic E-state index is -0.423. The van der Waals surface area contributed by atoms with Gasteiger partial charge in [-0.3, -0.25) is 4.79 Å². The number of nitrogens with zero attached hydrogens (tertiary/aromatic N) is 1. The summed E-state index contributed by atoms with van der Waals surface area (Å²) in [6, 6.07) is 20.6. The van der Waals surface area contributed by atoms with Crippen LogP contribution in [0.2, 0.25) is 0 Å². The monoisotopic (exact) mass is 474 g/mol. The first-order chi connectivity index (χ1) is 17.0. The lowest BCUT2D eigenvalue weighted by Gasteiger charge is -2.11. The molecule has 0 saturated carbocycles. The number of hydrogen-bond acceptors (Lipinski definition) is 7. The molecule has 8 heteroatoms. The maximum absolute atomic E-state index is 12.5. The molecule has 1 aliphatic rings. The zero-order valence-corrected chi connectivity index (χ0v) is 19.8. The van der Waals surface area contributed by atoms with E-state index in [1.807, 2.05) is 31.2 Å². The predicted molar refractivity (Wildman–Crippen MR) is 134 cm³/mol. The van der Waals surface area contributed by atoms with Crippen molar-refractivity contribution in [3.05, 3.63) is 89.0 Å². The van der Waals surface area contributed by atoms with Gasteiger partial charge in [-0.1, -0.05) is 42.0 Å². The number of carbonyl (C=O) groups is 1. The molecule has 0 aromatic heterocycles. The van der Waals surface area contributed by atoms with Crippen LogP contribution >= 0.6 is 0 Å². The molecule has 1 aliphatic heterocycles. The molecule has 1 heterocycles. The van der Waals surface area contributed by atoms with Gasteiger partial charge in [-0.05, 0) is 67.3 Å². The zero-order chi connectivity index (χ0) is 24.6. The number of amides is 1. The minimum Gasteiger partial charge on any atom is -0.504 e. The van der Waals surface area contributed by atoms with Gasteiger partial charge in [0.25, 0.3) is 5.91 Å². The number of nitrogens with one attached hydrogen (secondary N) is 3. The molecule has 4 rings (SSSR count). The van der Waals surface area contributed by atoms with E-state index in [2.05, 4.69) is 52.6 Å². The average Bonchev–Trinajstić information content (AvgIpc) is 3.37. The van der Waals surface area contributed by atoms with Gasteiger partial charge in [-0.25, -0.2) is 16.3 Å². The summed E-state index contributed by atoms with van der Waals surface area (Å²) in [4.78, 5) is 12.5. The molecule has 35 heavy (non-hydrogen) atoms. The Morgan fingerprint density at radius 2 is 1.86 bits per heavy atom. The van der Waals surface area contributed by atoms with Crippen LogP contribution in [0.1, 0.15) is 41.6 Å². The Labute approximate surface area is 204 Å². The highest BCUT2D eigenvalue weighted by atomic mass is 16.5. The topological polar surface area (TPSA) is 104 Å². The fraction of sp³-hybridized carbons (Fsp3) is 0.259. The van der Waals surface area contributed by atoms with E-state index in [1.165, 1.54) is 17.8 Å². The van der Waals surface area contributed by atoms with Crippen molar-refractivity contribution in [2.24, 2.45) is 5.10 Å². The smallest absolute Gasteiger partial charge is 0.258 e. The fourth-order valence-corrected chi connectivity index (χ4v) is 3.72. The Kier molecular flexibility index (Phi) is 7.97. The number of benzene rings is 3. The lowest BCUT2D eigenvalue weighted by atomic mass is 10.0. The molecule has 1 fully saturated rings. The van der Waals surface area contributed by atoms with Gasteiger partial charge in [-0.15, -0.1) is 0 Å². The Morgan fingerprint density at radius 3 is 2.60 bits per heavy atom. The molecule has 1 amide bonds. The summed E-state index contributed by atoms with van der Waals surface area (Å²) in [7, 11) is 0. The second-order valence-corrected chi connectivity index (χ2v) is 8.37. The first kappa shape index (κ1) is 24.3. The van der Waals surface area contributed by atoms with E-state index in [4.69, 9.17) is 9.47 Å². The van der Waals surface area contributed by atoms with Crippen LogP contribution in [0.15, 0.2) is 71.8 Å². The fourth-order valence-electron chi connectivity index (χ4n) is 3.72. The summed E-state index contributed by atoms with van der Waals surface area (Å²) in [5.74, 6) is 0.994. The highest BCUT2D eigenvalue weighted by Gasteiger charge is 2.30. The van der Waals surface area contributed by atoms with Crippen LogP contribution in [-0.4, -0.2) is 29.9 Å². The van der Waals surface area contributed by atoms with Crippen molar-refractivity contribution >= 4 is 12.1 Å². The zero-order valence-electron chi connectivity index (χ0n) is 19.8. The summed E-state index contributed by atoms with van der Waals surface area (Å²) in [5, 5.41) is 13.8. The summed E-state index contributed by atoms with van der Waals surface area (Å²) in [5.41, 5.74) is 12.9. The van der Waals surface area contributed by atoms with Crippen LogP contribution in [0.5, 0.6) is 17.2 Å². The molecule has 3 aromatic rings. The van der Waals surface area contributed by atoms with Crippen molar-refractivity contribution in [3.63, 3.8) is 0 Å². The third-order valence-corrected chi connectivity index (χ3v) is 5.70. The maximum atomic E-state index is 12.5. The molecule has 182 valence electrons. The van der Waals surface area contributed by atoms with Crippen molar-refractivity contribution in [3.8, 4) is 17.2 Å². The second kappa shape index (κ2) is 11.5. The van der Waals surface area contributed by atoms with Crippen molar-refractivity contribution in [2.75, 3.05) is 6.61 Å². The number of hydrazine groups is 1. The normalized spacial score (nSPS) is 17.4. The quantitative estimate of drug-likeness (QED) is 0.278. The highest BCUT2D eigenvalue weighted by molar-refractivity contribution is 5.85. The van der Waals surface area contributed by atoms with Crippen LogP contribution in [-0.2, 0) is 11.4 Å². The molecule has 2 atom stereocenters. The molecule has 0 aliphatic carbocycles. The van der Waals surface area contributed by atoms with Gasteiger partial charge in [0.2, 0.25) is 0 Å². The van der Waals surface area contributed by atoms with E-state index < -0.39 is 6.04 Å². The standard InChI is InChI=1S/C27H30N4O4/c1-3-34-26-14-20(8-13-25(26)32)16-28-31-27(33)24-15-23(29-30-24)21-9-11-22(12-10-21)35-17-19-6-4-18(2)5-7-19/h4-14,16,23-24,29-30,32H,3,15,17H2,1-2H3,(H,31,33)/b28-16+. The van der Waals surface area contributed by atoms with Crippen LogP contribution in [0.25, 0.3) is 0 Å². The SMILES string of the molecule is CCOc1cc(/C=N/NC(=O)C2CC(c3ccc(OCc4ccc(C)cc4)cc3)NN2)ccc1O. The van der Waals surface area contributed by atoms with E-state index in [-0.39, 0.29) is 17.7 Å². The van der Waals surface area contributed by atoms with Crippen molar-refractivity contribution < 1.29 is 19.4 Å². The molecular formula is C27H30N4O4. The Morgan fingerprint density at radius 1 is 1.09 bits per heavy atom. The number of aryl methyl sites for hydroxylation is 1. The number of phenolic OH excluding ortho intramolecular Hbond substituents is 1. The molecule has 4 N–H and O–H groups in total. The lowest BCUT2D eigenvalue weighted by Crippen LogP contribution is -2.41. The van der Waals surface area contributed by atoms with Gasteiger partial charge in [-0.2, -0.15) is 5.10 Å². The molecule has 1 saturated heterocycles. The summed E-state index contributed by atoms with van der Waals surface area (Å²) in [6.45, 7) is 4.86.